The van der Waals surface area contributed by atoms with Gasteiger partial charge in [0.25, 0.3) is 5.91 Å². The van der Waals surface area contributed by atoms with Gasteiger partial charge >= 0.3 is 0 Å². The van der Waals surface area contributed by atoms with E-state index in [9.17, 15) is 4.79 Å². The van der Waals surface area contributed by atoms with Crippen LogP contribution in [0.4, 0.5) is 0 Å². The average molecular weight is 418 g/mol. The molecule has 25 heavy (non-hydrogen) atoms. The summed E-state index contributed by atoms with van der Waals surface area (Å²) in [5, 5.41) is 8.94. The Hall–Kier alpha value is -2.44. The first kappa shape index (κ1) is 17.4. The van der Waals surface area contributed by atoms with E-state index in [-0.39, 0.29) is 11.6 Å². The second-order valence-corrected chi connectivity index (χ2v) is 6.55. The Labute approximate surface area is 158 Å². The number of carbonyl (C=O) groups is 1. The standard InChI is InChI=1S/C18H14BrClN4O/c19-16-12-24(11-14-6-8-15(20)9-7-14)23-17(16)18(25)22-21-10-13-4-2-1-3-5-13/h1-10,12H,11H2,(H,22,25). The van der Waals surface area contributed by atoms with E-state index >= 15 is 0 Å². The van der Waals surface area contributed by atoms with Crippen molar-refractivity contribution >= 4 is 39.7 Å². The maximum absolute atomic E-state index is 12.2. The highest BCUT2D eigenvalue weighted by Gasteiger charge is 2.14. The largest absolute Gasteiger partial charge is 0.293 e. The number of aromatic nitrogens is 2. The third-order valence-electron chi connectivity index (χ3n) is 3.37. The Morgan fingerprint density at radius 2 is 1.92 bits per heavy atom. The Morgan fingerprint density at radius 3 is 2.64 bits per heavy atom. The molecule has 0 bridgehead atoms. The highest BCUT2D eigenvalue weighted by Crippen LogP contribution is 2.16. The predicted octanol–water partition coefficient (Wildman–Crippen LogP) is 4.11. The summed E-state index contributed by atoms with van der Waals surface area (Å²) >= 11 is 9.24. The minimum Gasteiger partial charge on any atom is -0.266 e. The van der Waals surface area contributed by atoms with Crippen LogP contribution in [-0.2, 0) is 6.54 Å². The van der Waals surface area contributed by atoms with Crippen LogP contribution in [0.1, 0.15) is 21.6 Å². The molecule has 1 aromatic heterocycles. The van der Waals surface area contributed by atoms with Gasteiger partial charge in [-0.1, -0.05) is 54.1 Å². The Bertz CT molecular complexity index is 891. The van der Waals surface area contributed by atoms with Crippen molar-refractivity contribution in [3.63, 3.8) is 0 Å². The molecule has 0 fully saturated rings. The van der Waals surface area contributed by atoms with Crippen LogP contribution < -0.4 is 5.43 Å². The number of amides is 1. The topological polar surface area (TPSA) is 59.3 Å². The maximum Gasteiger partial charge on any atom is 0.293 e. The van der Waals surface area contributed by atoms with Crippen molar-refractivity contribution in [2.45, 2.75) is 6.54 Å². The van der Waals surface area contributed by atoms with Crippen molar-refractivity contribution in [2.75, 3.05) is 0 Å². The van der Waals surface area contributed by atoms with Gasteiger partial charge in [-0.25, -0.2) is 5.43 Å². The summed E-state index contributed by atoms with van der Waals surface area (Å²) in [5.74, 6) is -0.381. The molecule has 1 amide bonds. The van der Waals surface area contributed by atoms with E-state index in [1.54, 1.807) is 17.1 Å². The van der Waals surface area contributed by atoms with Gasteiger partial charge in [0.1, 0.15) is 0 Å². The molecule has 0 saturated carbocycles. The van der Waals surface area contributed by atoms with Gasteiger partial charge in [-0.05, 0) is 39.2 Å². The second-order valence-electron chi connectivity index (χ2n) is 5.26. The molecule has 0 unspecified atom stereocenters. The molecule has 1 heterocycles. The van der Waals surface area contributed by atoms with Crippen LogP contribution in [0, 0.1) is 0 Å². The summed E-state index contributed by atoms with van der Waals surface area (Å²) < 4.78 is 2.29. The van der Waals surface area contributed by atoms with Crippen LogP contribution in [0.15, 0.2) is 70.4 Å². The molecule has 126 valence electrons. The number of nitrogens with zero attached hydrogens (tertiary/aromatic N) is 3. The Morgan fingerprint density at radius 1 is 1.20 bits per heavy atom. The molecule has 0 aliphatic carbocycles. The summed E-state index contributed by atoms with van der Waals surface area (Å²) in [6, 6.07) is 17.0. The van der Waals surface area contributed by atoms with Crippen LogP contribution >= 0.6 is 27.5 Å². The normalized spacial score (nSPS) is 11.0. The third-order valence-corrected chi connectivity index (χ3v) is 4.20. The maximum atomic E-state index is 12.2. The molecule has 1 N–H and O–H groups in total. The van der Waals surface area contributed by atoms with Crippen molar-refractivity contribution in [3.8, 4) is 0 Å². The van der Waals surface area contributed by atoms with Gasteiger partial charge in [0.2, 0.25) is 0 Å². The SMILES string of the molecule is O=C(NN=Cc1ccccc1)c1nn(Cc2ccc(Cl)cc2)cc1Br. The van der Waals surface area contributed by atoms with Gasteiger partial charge < -0.3 is 0 Å². The van der Waals surface area contributed by atoms with Gasteiger partial charge in [0.15, 0.2) is 5.69 Å². The van der Waals surface area contributed by atoms with Gasteiger partial charge in [0.05, 0.1) is 17.2 Å². The van der Waals surface area contributed by atoms with Gasteiger partial charge in [-0.2, -0.15) is 10.2 Å². The van der Waals surface area contributed by atoms with E-state index < -0.39 is 0 Å². The number of carbonyl (C=O) groups excluding carboxylic acids is 1. The van der Waals surface area contributed by atoms with Gasteiger partial charge in [0, 0.05) is 11.2 Å². The fourth-order valence-corrected chi connectivity index (χ4v) is 2.79. The highest BCUT2D eigenvalue weighted by molar-refractivity contribution is 9.10. The molecule has 0 radical (unpaired) electrons. The zero-order valence-electron chi connectivity index (χ0n) is 13.1. The lowest BCUT2D eigenvalue weighted by molar-refractivity contribution is 0.0948. The summed E-state index contributed by atoms with van der Waals surface area (Å²) in [7, 11) is 0. The summed E-state index contributed by atoms with van der Waals surface area (Å²) in [6.07, 6.45) is 3.33. The molecule has 0 aliphatic heterocycles. The van der Waals surface area contributed by atoms with Crippen LogP contribution in [-0.4, -0.2) is 21.9 Å². The minimum absolute atomic E-state index is 0.277. The van der Waals surface area contributed by atoms with E-state index in [4.69, 9.17) is 11.6 Å². The van der Waals surface area contributed by atoms with E-state index in [0.29, 0.717) is 16.0 Å². The molecule has 0 spiro atoms. The summed E-state index contributed by atoms with van der Waals surface area (Å²) in [4.78, 5) is 12.2. The zero-order chi connectivity index (χ0) is 17.6. The fourth-order valence-electron chi connectivity index (χ4n) is 2.17. The number of rotatable bonds is 5. The number of hydrogen-bond acceptors (Lipinski definition) is 3. The third kappa shape index (κ3) is 4.78. The van der Waals surface area contributed by atoms with E-state index in [1.165, 1.54) is 0 Å². The van der Waals surface area contributed by atoms with Crippen molar-refractivity contribution in [2.24, 2.45) is 5.10 Å². The number of nitrogens with one attached hydrogen (secondary N) is 1. The molecule has 0 atom stereocenters. The number of hydrogen-bond donors (Lipinski definition) is 1. The summed E-state index contributed by atoms with van der Waals surface area (Å²) in [5.41, 5.74) is 4.69. The Balaban J connectivity index is 1.66. The summed E-state index contributed by atoms with van der Waals surface area (Å²) in [6.45, 7) is 0.538. The van der Waals surface area contributed by atoms with E-state index in [1.807, 2.05) is 54.6 Å². The first-order valence-corrected chi connectivity index (χ1v) is 8.65. The van der Waals surface area contributed by atoms with Crippen LogP contribution in [0.3, 0.4) is 0 Å². The molecular formula is C18H14BrClN4O. The van der Waals surface area contributed by atoms with E-state index in [2.05, 4.69) is 31.6 Å². The highest BCUT2D eigenvalue weighted by atomic mass is 79.9. The lowest BCUT2D eigenvalue weighted by atomic mass is 10.2. The van der Waals surface area contributed by atoms with Crippen LogP contribution in [0.2, 0.25) is 5.02 Å². The fraction of sp³-hybridized carbons (Fsp3) is 0.0556. The van der Waals surface area contributed by atoms with Crippen LogP contribution in [0.25, 0.3) is 0 Å². The monoisotopic (exact) mass is 416 g/mol. The van der Waals surface area contributed by atoms with Crippen molar-refractivity contribution in [3.05, 3.63) is 87.1 Å². The van der Waals surface area contributed by atoms with Crippen LogP contribution in [0.5, 0.6) is 0 Å². The second kappa shape index (κ2) is 8.09. The van der Waals surface area contributed by atoms with Crippen molar-refractivity contribution in [1.29, 1.82) is 0 Å². The van der Waals surface area contributed by atoms with Crippen molar-refractivity contribution < 1.29 is 4.79 Å². The molecule has 7 heteroatoms. The first-order chi connectivity index (χ1) is 12.1. The number of halogens is 2. The molecule has 0 aliphatic rings. The minimum atomic E-state index is -0.381. The molecule has 3 rings (SSSR count). The lowest BCUT2D eigenvalue weighted by Gasteiger charge is -2.01. The molecule has 2 aromatic carbocycles. The van der Waals surface area contributed by atoms with Gasteiger partial charge in [-0.15, -0.1) is 0 Å². The van der Waals surface area contributed by atoms with Crippen molar-refractivity contribution in [1.82, 2.24) is 15.2 Å². The average Bonchev–Trinajstić information content (AvgIpc) is 2.98. The van der Waals surface area contributed by atoms with Gasteiger partial charge in [-0.3, -0.25) is 9.48 Å². The van der Waals surface area contributed by atoms with E-state index in [0.717, 1.165) is 11.1 Å². The number of hydrazone groups is 1. The lowest BCUT2D eigenvalue weighted by Crippen LogP contribution is -2.19. The molecule has 3 aromatic rings. The molecule has 5 nitrogen and oxygen atoms in total. The Kier molecular flexibility index (Phi) is 5.63. The quantitative estimate of drug-likeness (QED) is 0.502. The molecular weight excluding hydrogens is 404 g/mol. The molecule has 0 saturated heterocycles. The smallest absolute Gasteiger partial charge is 0.266 e. The predicted molar refractivity (Wildman–Crippen MR) is 102 cm³/mol. The number of benzene rings is 2. The zero-order valence-corrected chi connectivity index (χ0v) is 15.4. The first-order valence-electron chi connectivity index (χ1n) is 7.47.